The van der Waals surface area contributed by atoms with Crippen molar-refractivity contribution in [2.75, 3.05) is 6.61 Å². The van der Waals surface area contributed by atoms with E-state index in [1.165, 1.54) is 18.6 Å². The molecule has 0 unspecified atom stereocenters. The van der Waals surface area contributed by atoms with E-state index in [2.05, 4.69) is 5.32 Å². The van der Waals surface area contributed by atoms with Gasteiger partial charge < -0.3 is 14.8 Å². The Balaban J connectivity index is 1.71. The molecule has 0 spiro atoms. The van der Waals surface area contributed by atoms with Crippen molar-refractivity contribution in [3.05, 3.63) is 69.3 Å². The van der Waals surface area contributed by atoms with Gasteiger partial charge in [-0.2, -0.15) is 5.26 Å². The third-order valence-corrected chi connectivity index (χ3v) is 5.43. The Kier molecular flexibility index (Phi) is 8.42. The number of hydrogen-bond donors (Lipinski definition) is 1. The van der Waals surface area contributed by atoms with E-state index in [-0.39, 0.29) is 29.8 Å². The number of carbonyl (C=O) groups excluding carboxylic acids is 1. The smallest absolute Gasteiger partial charge is 0.269 e. The fraction of sp³-hybridized carbons (Fsp3) is 0.360. The van der Waals surface area contributed by atoms with Crippen LogP contribution in [0, 0.1) is 21.4 Å². The zero-order valence-electron chi connectivity index (χ0n) is 18.6. The highest BCUT2D eigenvalue weighted by Crippen LogP contribution is 2.30. The zero-order valence-corrected chi connectivity index (χ0v) is 18.6. The van der Waals surface area contributed by atoms with Crippen molar-refractivity contribution in [1.82, 2.24) is 5.32 Å². The largest absolute Gasteiger partial charge is 0.490 e. The van der Waals surface area contributed by atoms with Crippen molar-refractivity contribution in [3.63, 3.8) is 0 Å². The van der Waals surface area contributed by atoms with Crippen molar-refractivity contribution < 1.29 is 19.2 Å². The Morgan fingerprint density at radius 2 is 1.88 bits per heavy atom. The third-order valence-electron chi connectivity index (χ3n) is 5.43. The molecule has 3 rings (SSSR count). The Bertz CT molecular complexity index is 1050. The molecule has 0 heterocycles. The quantitative estimate of drug-likeness (QED) is 0.251. The van der Waals surface area contributed by atoms with Crippen LogP contribution in [0.15, 0.2) is 48.0 Å². The first-order valence-electron chi connectivity index (χ1n) is 11.1. The number of nitriles is 1. The SMILES string of the molecule is CCOc1cc(/C=C(\C#N)C(=O)NC2CCCCC2)ccc1OCc1ccc([N+](=O)[O-])cc1. The highest BCUT2D eigenvalue weighted by molar-refractivity contribution is 6.01. The summed E-state index contributed by atoms with van der Waals surface area (Å²) in [6, 6.07) is 13.4. The molecule has 2 aromatic carbocycles. The van der Waals surface area contributed by atoms with Gasteiger partial charge in [-0.05, 0) is 61.2 Å². The second kappa shape index (κ2) is 11.7. The normalized spacial score (nSPS) is 14.2. The standard InChI is InChI=1S/C25H27N3O5/c1-2-32-24-15-19(14-20(16-26)25(29)27-21-6-4-3-5-7-21)10-13-23(24)33-17-18-8-11-22(12-9-18)28(30)31/h8-15,21H,2-7,17H2,1H3,(H,27,29)/b20-14+. The molecule has 8 heteroatoms. The van der Waals surface area contributed by atoms with Crippen LogP contribution in [0.3, 0.4) is 0 Å². The van der Waals surface area contributed by atoms with Gasteiger partial charge in [0.1, 0.15) is 18.2 Å². The number of rotatable bonds is 9. The van der Waals surface area contributed by atoms with E-state index >= 15 is 0 Å². The molecular formula is C25H27N3O5. The van der Waals surface area contributed by atoms with E-state index in [0.29, 0.717) is 23.7 Å². The van der Waals surface area contributed by atoms with Gasteiger partial charge in [0.15, 0.2) is 11.5 Å². The number of nitro groups is 1. The minimum atomic E-state index is -0.449. The van der Waals surface area contributed by atoms with Gasteiger partial charge in [-0.3, -0.25) is 14.9 Å². The molecule has 172 valence electrons. The molecule has 8 nitrogen and oxygen atoms in total. The van der Waals surface area contributed by atoms with Gasteiger partial charge in [0.05, 0.1) is 11.5 Å². The second-order valence-electron chi connectivity index (χ2n) is 7.83. The van der Waals surface area contributed by atoms with Crippen LogP contribution in [0.1, 0.15) is 50.2 Å². The van der Waals surface area contributed by atoms with Crippen LogP contribution in [0.4, 0.5) is 5.69 Å². The minimum absolute atomic E-state index is 0.0192. The van der Waals surface area contributed by atoms with Gasteiger partial charge in [-0.25, -0.2) is 0 Å². The van der Waals surface area contributed by atoms with E-state index in [9.17, 15) is 20.2 Å². The molecular weight excluding hydrogens is 422 g/mol. The Morgan fingerprint density at radius 1 is 1.15 bits per heavy atom. The highest BCUT2D eigenvalue weighted by Gasteiger charge is 2.18. The minimum Gasteiger partial charge on any atom is -0.490 e. The third kappa shape index (κ3) is 6.81. The molecule has 0 aliphatic heterocycles. The summed E-state index contributed by atoms with van der Waals surface area (Å²) in [7, 11) is 0. The van der Waals surface area contributed by atoms with Crippen molar-refractivity contribution in [2.24, 2.45) is 0 Å². The molecule has 1 aliphatic carbocycles. The fourth-order valence-corrected chi connectivity index (χ4v) is 3.70. The maximum absolute atomic E-state index is 12.5. The van der Waals surface area contributed by atoms with Gasteiger partial charge in [0.2, 0.25) is 0 Å². The maximum Gasteiger partial charge on any atom is 0.269 e. The van der Waals surface area contributed by atoms with Crippen LogP contribution in [0.2, 0.25) is 0 Å². The van der Waals surface area contributed by atoms with Crippen LogP contribution in [0.5, 0.6) is 11.5 Å². The first-order valence-corrected chi connectivity index (χ1v) is 11.1. The van der Waals surface area contributed by atoms with Crippen LogP contribution in [-0.4, -0.2) is 23.5 Å². The van der Waals surface area contributed by atoms with Crippen molar-refractivity contribution in [1.29, 1.82) is 5.26 Å². The summed E-state index contributed by atoms with van der Waals surface area (Å²) in [4.78, 5) is 22.9. The predicted octanol–water partition coefficient (Wildman–Crippen LogP) is 4.93. The molecule has 1 fully saturated rings. The summed E-state index contributed by atoms with van der Waals surface area (Å²) >= 11 is 0. The second-order valence-corrected chi connectivity index (χ2v) is 7.83. The molecule has 1 aliphatic rings. The Morgan fingerprint density at radius 3 is 2.52 bits per heavy atom. The van der Waals surface area contributed by atoms with E-state index in [4.69, 9.17) is 9.47 Å². The molecule has 33 heavy (non-hydrogen) atoms. The first-order chi connectivity index (χ1) is 16.0. The summed E-state index contributed by atoms with van der Waals surface area (Å²) in [6.07, 6.45) is 6.80. The summed E-state index contributed by atoms with van der Waals surface area (Å²) in [6.45, 7) is 2.47. The fourth-order valence-electron chi connectivity index (χ4n) is 3.70. The number of hydrogen-bond acceptors (Lipinski definition) is 6. The molecule has 0 aromatic heterocycles. The number of carbonyl (C=O) groups is 1. The Hall–Kier alpha value is -3.86. The van der Waals surface area contributed by atoms with E-state index in [0.717, 1.165) is 31.2 Å². The van der Waals surface area contributed by atoms with Crippen LogP contribution >= 0.6 is 0 Å². The lowest BCUT2D eigenvalue weighted by Crippen LogP contribution is -2.36. The number of amides is 1. The average molecular weight is 450 g/mol. The number of ether oxygens (including phenoxy) is 2. The Labute approximate surface area is 193 Å². The summed E-state index contributed by atoms with van der Waals surface area (Å²) < 4.78 is 11.5. The molecule has 0 radical (unpaired) electrons. The van der Waals surface area contributed by atoms with Gasteiger partial charge in [0, 0.05) is 18.2 Å². The van der Waals surface area contributed by atoms with E-state index in [1.807, 2.05) is 13.0 Å². The molecule has 1 saturated carbocycles. The van der Waals surface area contributed by atoms with Gasteiger partial charge in [-0.15, -0.1) is 0 Å². The number of nitrogens with zero attached hydrogens (tertiary/aromatic N) is 2. The predicted molar refractivity (Wildman–Crippen MR) is 124 cm³/mol. The number of nitrogens with one attached hydrogen (secondary N) is 1. The maximum atomic E-state index is 12.5. The van der Waals surface area contributed by atoms with E-state index < -0.39 is 4.92 Å². The van der Waals surface area contributed by atoms with Crippen molar-refractivity contribution in [2.45, 2.75) is 51.7 Å². The van der Waals surface area contributed by atoms with Crippen molar-refractivity contribution >= 4 is 17.7 Å². The molecule has 1 amide bonds. The first kappa shape index (κ1) is 23.8. The topological polar surface area (TPSA) is 114 Å². The van der Waals surface area contributed by atoms with Crippen molar-refractivity contribution in [3.8, 4) is 17.6 Å². The van der Waals surface area contributed by atoms with Crippen LogP contribution in [0.25, 0.3) is 6.08 Å². The average Bonchev–Trinajstić information content (AvgIpc) is 2.83. The zero-order chi connectivity index (χ0) is 23.6. The van der Waals surface area contributed by atoms with Crippen LogP contribution < -0.4 is 14.8 Å². The van der Waals surface area contributed by atoms with Gasteiger partial charge >= 0.3 is 0 Å². The molecule has 1 N–H and O–H groups in total. The molecule has 0 atom stereocenters. The van der Waals surface area contributed by atoms with Gasteiger partial charge in [0.25, 0.3) is 11.6 Å². The lowest BCUT2D eigenvalue weighted by Gasteiger charge is -2.22. The monoisotopic (exact) mass is 449 g/mol. The molecule has 2 aromatic rings. The number of benzene rings is 2. The summed E-state index contributed by atoms with van der Waals surface area (Å²) in [5, 5.41) is 23.3. The lowest BCUT2D eigenvalue weighted by atomic mass is 9.95. The molecule has 0 saturated heterocycles. The number of nitro benzene ring substituents is 1. The molecule has 0 bridgehead atoms. The highest BCUT2D eigenvalue weighted by atomic mass is 16.6. The van der Waals surface area contributed by atoms with E-state index in [1.54, 1.807) is 36.4 Å². The van der Waals surface area contributed by atoms with Crippen LogP contribution in [-0.2, 0) is 11.4 Å². The summed E-state index contributed by atoms with van der Waals surface area (Å²) in [5.74, 6) is 0.622. The van der Waals surface area contributed by atoms with Gasteiger partial charge in [-0.1, -0.05) is 25.3 Å². The number of non-ortho nitro benzene ring substituents is 1. The summed E-state index contributed by atoms with van der Waals surface area (Å²) in [5.41, 5.74) is 1.49. The lowest BCUT2D eigenvalue weighted by molar-refractivity contribution is -0.384.